The number of likely N-dealkylation sites (tertiary alicyclic amines) is 1. The van der Waals surface area contributed by atoms with Crippen molar-refractivity contribution in [3.05, 3.63) is 17.3 Å². The number of carbonyl (C=O) groups is 1. The van der Waals surface area contributed by atoms with Crippen LogP contribution in [0.3, 0.4) is 0 Å². The standard InChI is InChI=1S/C20H31N3O2/c1-14-9-15(2)11-23(10-14)20(24)19-21-17-13-22(8-7-18(17)25-19)12-16-5-3-4-6-16/h14-16H,3-13H2,1-2H3. The largest absolute Gasteiger partial charge is 0.437 e. The average molecular weight is 345 g/mol. The van der Waals surface area contributed by atoms with E-state index in [0.717, 1.165) is 50.0 Å². The van der Waals surface area contributed by atoms with Gasteiger partial charge in [-0.3, -0.25) is 9.69 Å². The molecule has 1 saturated carbocycles. The summed E-state index contributed by atoms with van der Waals surface area (Å²) in [7, 11) is 0. The molecule has 4 rings (SSSR count). The number of nitrogens with zero attached hydrogens (tertiary/aromatic N) is 3. The van der Waals surface area contributed by atoms with Gasteiger partial charge in [-0.05, 0) is 37.0 Å². The minimum Gasteiger partial charge on any atom is -0.437 e. The van der Waals surface area contributed by atoms with E-state index in [1.54, 1.807) is 0 Å². The lowest BCUT2D eigenvalue weighted by Gasteiger charge is -2.34. The lowest BCUT2D eigenvalue weighted by Crippen LogP contribution is -2.42. The van der Waals surface area contributed by atoms with Crippen LogP contribution in [0.25, 0.3) is 0 Å². The highest BCUT2D eigenvalue weighted by Crippen LogP contribution is 2.28. The molecule has 0 aromatic carbocycles. The zero-order valence-electron chi connectivity index (χ0n) is 15.7. The predicted octanol–water partition coefficient (Wildman–Crippen LogP) is 3.34. The number of hydrogen-bond donors (Lipinski definition) is 0. The van der Waals surface area contributed by atoms with Crippen LogP contribution in [0.4, 0.5) is 0 Å². The van der Waals surface area contributed by atoms with Crippen molar-refractivity contribution in [1.29, 1.82) is 0 Å². The molecule has 0 spiro atoms. The van der Waals surface area contributed by atoms with Crippen molar-refractivity contribution in [2.45, 2.75) is 58.9 Å². The van der Waals surface area contributed by atoms with Crippen molar-refractivity contribution in [1.82, 2.24) is 14.8 Å². The number of aromatic nitrogens is 1. The van der Waals surface area contributed by atoms with E-state index in [4.69, 9.17) is 4.42 Å². The summed E-state index contributed by atoms with van der Waals surface area (Å²) < 4.78 is 5.88. The van der Waals surface area contributed by atoms with Crippen molar-refractivity contribution >= 4 is 5.91 Å². The maximum absolute atomic E-state index is 12.8. The molecule has 2 aliphatic heterocycles. The molecule has 3 aliphatic rings. The van der Waals surface area contributed by atoms with Crippen LogP contribution in [0.1, 0.15) is 68.1 Å². The van der Waals surface area contributed by atoms with E-state index in [0.29, 0.717) is 17.7 Å². The highest BCUT2D eigenvalue weighted by Gasteiger charge is 2.31. The zero-order valence-corrected chi connectivity index (χ0v) is 15.7. The molecule has 5 heteroatoms. The first-order valence-electron chi connectivity index (χ1n) is 10.1. The summed E-state index contributed by atoms with van der Waals surface area (Å²) in [4.78, 5) is 21.9. The number of fused-ring (bicyclic) bond motifs is 1. The third-order valence-corrected chi connectivity index (χ3v) is 6.14. The maximum Gasteiger partial charge on any atom is 0.309 e. The third kappa shape index (κ3) is 3.76. The second-order valence-corrected chi connectivity index (χ2v) is 8.68. The van der Waals surface area contributed by atoms with E-state index in [1.807, 2.05) is 4.90 Å². The van der Waals surface area contributed by atoms with Crippen molar-refractivity contribution in [3.8, 4) is 0 Å². The van der Waals surface area contributed by atoms with Crippen LogP contribution < -0.4 is 0 Å². The van der Waals surface area contributed by atoms with Crippen LogP contribution in [0, 0.1) is 17.8 Å². The Morgan fingerprint density at radius 3 is 2.64 bits per heavy atom. The number of hydrogen-bond acceptors (Lipinski definition) is 4. The van der Waals surface area contributed by atoms with E-state index in [-0.39, 0.29) is 5.91 Å². The Balaban J connectivity index is 1.41. The fourth-order valence-corrected chi connectivity index (χ4v) is 5.02. The van der Waals surface area contributed by atoms with Gasteiger partial charge in [0.15, 0.2) is 0 Å². The van der Waals surface area contributed by atoms with Crippen LogP contribution in [-0.2, 0) is 13.0 Å². The number of carbonyl (C=O) groups excluding carboxylic acids is 1. The predicted molar refractivity (Wildman–Crippen MR) is 96.3 cm³/mol. The molecule has 0 radical (unpaired) electrons. The molecule has 2 fully saturated rings. The van der Waals surface area contributed by atoms with E-state index in [9.17, 15) is 4.79 Å². The Morgan fingerprint density at radius 2 is 1.92 bits per heavy atom. The fourth-order valence-electron chi connectivity index (χ4n) is 5.02. The van der Waals surface area contributed by atoms with E-state index < -0.39 is 0 Å². The summed E-state index contributed by atoms with van der Waals surface area (Å²) in [6, 6.07) is 0. The Labute approximate surface area is 150 Å². The van der Waals surface area contributed by atoms with Crippen LogP contribution in [0.5, 0.6) is 0 Å². The van der Waals surface area contributed by atoms with Gasteiger partial charge >= 0.3 is 5.91 Å². The Kier molecular flexibility index (Phi) is 4.85. The minimum absolute atomic E-state index is 0.0184. The third-order valence-electron chi connectivity index (χ3n) is 6.14. The fraction of sp³-hybridized carbons (Fsp3) is 0.800. The summed E-state index contributed by atoms with van der Waals surface area (Å²) in [5.41, 5.74) is 0.991. The lowest BCUT2D eigenvalue weighted by molar-refractivity contribution is 0.0581. The van der Waals surface area contributed by atoms with Gasteiger partial charge in [-0.25, -0.2) is 4.98 Å². The van der Waals surface area contributed by atoms with E-state index in [1.165, 1.54) is 38.6 Å². The van der Waals surface area contributed by atoms with Gasteiger partial charge in [-0.1, -0.05) is 26.7 Å². The molecule has 0 N–H and O–H groups in total. The summed E-state index contributed by atoms with van der Waals surface area (Å²) in [5.74, 6) is 3.19. The molecular formula is C20H31N3O2. The molecule has 1 aromatic heterocycles. The molecule has 2 unspecified atom stereocenters. The first-order valence-corrected chi connectivity index (χ1v) is 10.1. The highest BCUT2D eigenvalue weighted by molar-refractivity contribution is 5.89. The molecule has 1 saturated heterocycles. The molecule has 138 valence electrons. The summed E-state index contributed by atoms with van der Waals surface area (Å²) >= 11 is 0. The molecule has 1 aromatic rings. The second-order valence-electron chi connectivity index (χ2n) is 8.68. The SMILES string of the molecule is CC1CC(C)CN(C(=O)c2nc3c(o2)CCN(CC2CCCC2)C3)C1. The van der Waals surface area contributed by atoms with Gasteiger partial charge in [0.25, 0.3) is 5.89 Å². The van der Waals surface area contributed by atoms with E-state index >= 15 is 0 Å². The van der Waals surface area contributed by atoms with Gasteiger partial charge in [0.1, 0.15) is 5.76 Å². The number of oxazole rings is 1. The topological polar surface area (TPSA) is 49.6 Å². The second kappa shape index (κ2) is 7.10. The van der Waals surface area contributed by atoms with Crippen LogP contribution in [0.15, 0.2) is 4.42 Å². The normalized spacial score (nSPS) is 28.3. The Bertz CT molecular complexity index is 610. The molecular weight excluding hydrogens is 314 g/mol. The lowest BCUT2D eigenvalue weighted by atomic mass is 9.92. The van der Waals surface area contributed by atoms with Gasteiger partial charge < -0.3 is 9.32 Å². The van der Waals surface area contributed by atoms with Gasteiger partial charge in [0.2, 0.25) is 0 Å². The van der Waals surface area contributed by atoms with Crippen LogP contribution in [0.2, 0.25) is 0 Å². The summed E-state index contributed by atoms with van der Waals surface area (Å²) in [6.45, 7) is 9.14. The van der Waals surface area contributed by atoms with Gasteiger partial charge in [0, 0.05) is 39.1 Å². The minimum atomic E-state index is -0.0184. The van der Waals surface area contributed by atoms with E-state index in [2.05, 4.69) is 23.7 Å². The number of piperidine rings is 1. The smallest absolute Gasteiger partial charge is 0.309 e. The molecule has 1 amide bonds. The molecule has 5 nitrogen and oxygen atoms in total. The van der Waals surface area contributed by atoms with Crippen molar-refractivity contribution in [2.75, 3.05) is 26.2 Å². The van der Waals surface area contributed by atoms with Crippen molar-refractivity contribution < 1.29 is 9.21 Å². The summed E-state index contributed by atoms with van der Waals surface area (Å²) in [6.07, 6.45) is 7.60. The average Bonchev–Trinajstić information content (AvgIpc) is 3.22. The number of rotatable bonds is 3. The van der Waals surface area contributed by atoms with Crippen LogP contribution in [-0.4, -0.2) is 46.9 Å². The van der Waals surface area contributed by atoms with Gasteiger partial charge in [-0.15, -0.1) is 0 Å². The molecule has 25 heavy (non-hydrogen) atoms. The Morgan fingerprint density at radius 1 is 1.20 bits per heavy atom. The molecule has 2 atom stereocenters. The maximum atomic E-state index is 12.8. The molecule has 0 bridgehead atoms. The van der Waals surface area contributed by atoms with Crippen LogP contribution >= 0.6 is 0 Å². The molecule has 1 aliphatic carbocycles. The summed E-state index contributed by atoms with van der Waals surface area (Å²) in [5, 5.41) is 0. The van der Waals surface area contributed by atoms with Gasteiger partial charge in [0.05, 0.1) is 5.69 Å². The molecule has 3 heterocycles. The first-order chi connectivity index (χ1) is 12.1. The van der Waals surface area contributed by atoms with Crippen molar-refractivity contribution in [2.24, 2.45) is 17.8 Å². The van der Waals surface area contributed by atoms with Gasteiger partial charge in [-0.2, -0.15) is 0 Å². The monoisotopic (exact) mass is 345 g/mol. The van der Waals surface area contributed by atoms with Crippen molar-refractivity contribution in [3.63, 3.8) is 0 Å². The Hall–Kier alpha value is -1.36. The quantitative estimate of drug-likeness (QED) is 0.843. The number of amides is 1. The first kappa shape index (κ1) is 17.1. The highest BCUT2D eigenvalue weighted by atomic mass is 16.4. The zero-order chi connectivity index (χ0) is 17.4.